The Morgan fingerprint density at radius 1 is 0.865 bits per heavy atom. The van der Waals surface area contributed by atoms with Gasteiger partial charge in [-0.25, -0.2) is 0 Å². The third kappa shape index (κ3) is 3.87. The second-order valence-corrected chi connectivity index (χ2v) is 16.7. The molecule has 0 aromatic heterocycles. The van der Waals surface area contributed by atoms with Crippen molar-refractivity contribution in [3.63, 3.8) is 0 Å². The standard InChI is InChI=1S/C35H58O2/c1-22(2)21-29(36)37-28-15-17-33(8)25-14-18-35(10)30-24(4)23(3)13-16-32(30,7)19-20-34(35,9)26(25)11-12-27(33)31(28,5)6/h22-24,27-28,30H,11-21H2,1-10H3. The molecule has 5 rings (SSSR count). The van der Waals surface area contributed by atoms with Crippen molar-refractivity contribution in [2.24, 2.45) is 56.7 Å². The Kier molecular flexibility index (Phi) is 6.65. The van der Waals surface area contributed by atoms with E-state index in [2.05, 4.69) is 69.2 Å². The number of ether oxygens (including phenoxy) is 1. The minimum Gasteiger partial charge on any atom is -0.462 e. The lowest BCUT2D eigenvalue weighted by molar-refractivity contribution is -0.176. The van der Waals surface area contributed by atoms with Gasteiger partial charge in [0.05, 0.1) is 0 Å². The summed E-state index contributed by atoms with van der Waals surface area (Å²) in [6, 6.07) is 0. The van der Waals surface area contributed by atoms with Crippen LogP contribution in [0.3, 0.4) is 0 Å². The summed E-state index contributed by atoms with van der Waals surface area (Å²) in [7, 11) is 0. The predicted octanol–water partition coefficient (Wildman–Crippen LogP) is 9.77. The first-order valence-electron chi connectivity index (χ1n) is 16.0. The van der Waals surface area contributed by atoms with Crippen LogP contribution in [0.25, 0.3) is 0 Å². The maximum atomic E-state index is 12.7. The van der Waals surface area contributed by atoms with E-state index in [-0.39, 0.29) is 22.9 Å². The molecule has 9 atom stereocenters. The molecule has 0 radical (unpaired) electrons. The molecule has 0 saturated heterocycles. The van der Waals surface area contributed by atoms with Gasteiger partial charge in [-0.2, -0.15) is 0 Å². The Morgan fingerprint density at radius 2 is 1.57 bits per heavy atom. The molecule has 3 saturated carbocycles. The van der Waals surface area contributed by atoms with Gasteiger partial charge in [0.1, 0.15) is 6.10 Å². The highest BCUT2D eigenvalue weighted by Crippen LogP contribution is 2.75. The van der Waals surface area contributed by atoms with E-state index in [1.807, 2.05) is 11.1 Å². The van der Waals surface area contributed by atoms with E-state index in [4.69, 9.17) is 4.74 Å². The van der Waals surface area contributed by atoms with Gasteiger partial charge in [0, 0.05) is 11.8 Å². The van der Waals surface area contributed by atoms with E-state index in [0.717, 1.165) is 24.2 Å². The molecule has 210 valence electrons. The van der Waals surface area contributed by atoms with Crippen molar-refractivity contribution in [2.45, 2.75) is 146 Å². The number of carbonyl (C=O) groups is 1. The highest BCUT2D eigenvalue weighted by Gasteiger charge is 2.66. The Balaban J connectivity index is 1.48. The van der Waals surface area contributed by atoms with E-state index in [0.29, 0.717) is 34.5 Å². The van der Waals surface area contributed by atoms with Crippen LogP contribution in [-0.2, 0) is 9.53 Å². The minimum absolute atomic E-state index is 0.00872. The normalized spacial score (nSPS) is 49.0. The van der Waals surface area contributed by atoms with Gasteiger partial charge in [0.15, 0.2) is 0 Å². The molecule has 5 aliphatic carbocycles. The number of esters is 1. The molecule has 2 nitrogen and oxygen atoms in total. The number of fused-ring (bicyclic) bond motifs is 6. The first-order chi connectivity index (χ1) is 17.1. The maximum absolute atomic E-state index is 12.7. The number of carbonyl (C=O) groups excluding carboxylic acids is 1. The van der Waals surface area contributed by atoms with Crippen molar-refractivity contribution >= 4 is 5.97 Å². The van der Waals surface area contributed by atoms with Crippen molar-refractivity contribution in [3.05, 3.63) is 11.1 Å². The van der Waals surface area contributed by atoms with E-state index in [9.17, 15) is 4.79 Å². The van der Waals surface area contributed by atoms with Gasteiger partial charge in [-0.1, -0.05) is 80.4 Å². The lowest BCUT2D eigenvalue weighted by Gasteiger charge is -2.70. The highest BCUT2D eigenvalue weighted by atomic mass is 16.5. The van der Waals surface area contributed by atoms with Gasteiger partial charge < -0.3 is 4.74 Å². The number of rotatable bonds is 3. The van der Waals surface area contributed by atoms with Crippen LogP contribution in [0.1, 0.15) is 140 Å². The van der Waals surface area contributed by atoms with Crippen molar-refractivity contribution in [1.29, 1.82) is 0 Å². The zero-order valence-electron chi connectivity index (χ0n) is 26.1. The fourth-order valence-electron chi connectivity index (χ4n) is 11.7. The number of allylic oxidation sites excluding steroid dienone is 2. The molecule has 0 N–H and O–H groups in total. The molecule has 37 heavy (non-hydrogen) atoms. The Bertz CT molecular complexity index is 958. The summed E-state index contributed by atoms with van der Waals surface area (Å²) >= 11 is 0. The van der Waals surface area contributed by atoms with Crippen LogP contribution in [0.4, 0.5) is 0 Å². The number of hydrogen-bond donors (Lipinski definition) is 0. The van der Waals surface area contributed by atoms with Gasteiger partial charge in [-0.3, -0.25) is 4.79 Å². The van der Waals surface area contributed by atoms with Crippen LogP contribution in [0, 0.1) is 56.7 Å². The van der Waals surface area contributed by atoms with Crippen LogP contribution < -0.4 is 0 Å². The molecule has 0 aromatic rings. The summed E-state index contributed by atoms with van der Waals surface area (Å²) in [5.41, 5.74) is 5.30. The minimum atomic E-state index is 0.00872. The topological polar surface area (TPSA) is 26.3 Å². The fourth-order valence-corrected chi connectivity index (χ4v) is 11.7. The molecule has 0 aromatic carbocycles. The van der Waals surface area contributed by atoms with Crippen LogP contribution in [0.5, 0.6) is 0 Å². The maximum Gasteiger partial charge on any atom is 0.306 e. The van der Waals surface area contributed by atoms with Gasteiger partial charge in [0.2, 0.25) is 0 Å². The highest BCUT2D eigenvalue weighted by molar-refractivity contribution is 5.69. The monoisotopic (exact) mass is 510 g/mol. The first kappa shape index (κ1) is 27.8. The van der Waals surface area contributed by atoms with Crippen LogP contribution >= 0.6 is 0 Å². The fraction of sp³-hybridized carbons (Fsp3) is 0.914. The van der Waals surface area contributed by atoms with Crippen molar-refractivity contribution in [3.8, 4) is 0 Å². The smallest absolute Gasteiger partial charge is 0.306 e. The molecular weight excluding hydrogens is 452 g/mol. The molecule has 0 bridgehead atoms. The zero-order chi connectivity index (χ0) is 27.2. The molecule has 2 heteroatoms. The third-order valence-corrected chi connectivity index (χ3v) is 14.1. The lowest BCUT2D eigenvalue weighted by atomic mass is 9.35. The van der Waals surface area contributed by atoms with E-state index in [1.165, 1.54) is 57.8 Å². The number of hydrogen-bond acceptors (Lipinski definition) is 2. The summed E-state index contributed by atoms with van der Waals surface area (Å²) in [6.07, 6.45) is 13.7. The van der Waals surface area contributed by atoms with Crippen molar-refractivity contribution < 1.29 is 9.53 Å². The average Bonchev–Trinajstić information content (AvgIpc) is 2.79. The van der Waals surface area contributed by atoms with Gasteiger partial charge in [0.25, 0.3) is 0 Å². The largest absolute Gasteiger partial charge is 0.462 e. The zero-order valence-corrected chi connectivity index (χ0v) is 26.1. The van der Waals surface area contributed by atoms with Gasteiger partial charge >= 0.3 is 5.97 Å². The first-order valence-corrected chi connectivity index (χ1v) is 16.0. The molecule has 3 fully saturated rings. The van der Waals surface area contributed by atoms with E-state index >= 15 is 0 Å². The molecule has 5 aliphatic rings. The second-order valence-electron chi connectivity index (χ2n) is 16.7. The summed E-state index contributed by atoms with van der Waals surface area (Å²) < 4.78 is 6.21. The lowest BCUT2D eigenvalue weighted by Crippen LogP contribution is -2.62. The molecule has 0 amide bonds. The van der Waals surface area contributed by atoms with Crippen LogP contribution in [0.2, 0.25) is 0 Å². The van der Waals surface area contributed by atoms with Crippen molar-refractivity contribution in [1.82, 2.24) is 0 Å². The second kappa shape index (κ2) is 8.86. The molecule has 0 heterocycles. The molecule has 0 aliphatic heterocycles. The quantitative estimate of drug-likeness (QED) is 0.279. The average molecular weight is 511 g/mol. The van der Waals surface area contributed by atoms with E-state index < -0.39 is 0 Å². The van der Waals surface area contributed by atoms with Gasteiger partial charge in [-0.05, 0) is 115 Å². The Morgan fingerprint density at radius 3 is 2.24 bits per heavy atom. The third-order valence-electron chi connectivity index (χ3n) is 14.1. The van der Waals surface area contributed by atoms with E-state index in [1.54, 1.807) is 0 Å². The molecule has 9 unspecified atom stereocenters. The Hall–Kier alpha value is -0.790. The molecular formula is C35H58O2. The molecule has 0 spiro atoms. The SMILES string of the molecule is CC(C)CC(=O)OC1CCC2(C)C3=C(CCC2C1(C)C)C1(C)CCC2(C)CCC(C)C(C)C2C1(C)CC3. The predicted molar refractivity (Wildman–Crippen MR) is 154 cm³/mol. The van der Waals surface area contributed by atoms with Crippen LogP contribution in [0.15, 0.2) is 11.1 Å². The summed E-state index contributed by atoms with van der Waals surface area (Å²) in [5, 5.41) is 0. The summed E-state index contributed by atoms with van der Waals surface area (Å²) in [4.78, 5) is 12.7. The van der Waals surface area contributed by atoms with Gasteiger partial charge in [-0.15, -0.1) is 0 Å². The van der Waals surface area contributed by atoms with Crippen molar-refractivity contribution in [2.75, 3.05) is 0 Å². The van der Waals surface area contributed by atoms with Crippen LogP contribution in [-0.4, -0.2) is 12.1 Å². The summed E-state index contributed by atoms with van der Waals surface area (Å²) in [5.74, 6) is 3.49. The Labute approximate surface area is 229 Å². The summed E-state index contributed by atoms with van der Waals surface area (Å²) in [6.45, 7) is 24.9.